The number of H-pyrrole nitrogens is 2. The molecule has 0 saturated heterocycles. The highest BCUT2D eigenvalue weighted by Gasteiger charge is 2.47. The van der Waals surface area contributed by atoms with Gasteiger partial charge in [-0.2, -0.15) is 0 Å². The number of aromatic nitrogens is 6. The molecule has 2 atom stereocenters. The van der Waals surface area contributed by atoms with E-state index in [4.69, 9.17) is 11.6 Å². The average molecular weight is 482 g/mol. The highest BCUT2D eigenvalue weighted by molar-refractivity contribution is 6.29. The molecular formula is C23H21ClFN7O2. The van der Waals surface area contributed by atoms with E-state index in [9.17, 15) is 9.90 Å². The van der Waals surface area contributed by atoms with Crippen molar-refractivity contribution >= 4 is 34.6 Å². The number of rotatable bonds is 5. The highest BCUT2D eigenvalue weighted by atomic mass is 35.5. The van der Waals surface area contributed by atoms with Crippen molar-refractivity contribution in [3.05, 3.63) is 41.7 Å². The number of hydrogen-bond donors (Lipinski definition) is 4. The number of fused-ring (bicyclic) bond motifs is 4. The summed E-state index contributed by atoms with van der Waals surface area (Å²) in [6.45, 7) is 0. The van der Waals surface area contributed by atoms with E-state index in [1.165, 1.54) is 6.20 Å². The first-order valence-electron chi connectivity index (χ1n) is 11.2. The largest absolute Gasteiger partial charge is 0.481 e. The van der Waals surface area contributed by atoms with E-state index in [-0.39, 0.29) is 34.3 Å². The summed E-state index contributed by atoms with van der Waals surface area (Å²) in [6, 6.07) is 3.06. The van der Waals surface area contributed by atoms with Crippen LogP contribution in [0.2, 0.25) is 5.15 Å². The van der Waals surface area contributed by atoms with Gasteiger partial charge in [-0.25, -0.2) is 24.3 Å². The normalized spacial score (nSPS) is 23.9. The summed E-state index contributed by atoms with van der Waals surface area (Å²) >= 11 is 6.05. The molecule has 4 aromatic rings. The van der Waals surface area contributed by atoms with Crippen molar-refractivity contribution in [1.82, 2.24) is 29.9 Å². The molecule has 11 heteroatoms. The zero-order valence-corrected chi connectivity index (χ0v) is 18.7. The summed E-state index contributed by atoms with van der Waals surface area (Å²) in [4.78, 5) is 35.7. The van der Waals surface area contributed by atoms with Crippen LogP contribution in [0.5, 0.6) is 0 Å². The third-order valence-electron chi connectivity index (χ3n) is 7.10. The number of nitrogens with zero attached hydrogens (tertiary/aromatic N) is 4. The van der Waals surface area contributed by atoms with Gasteiger partial charge in [0.15, 0.2) is 23.1 Å². The Bertz CT molecular complexity index is 1380. The van der Waals surface area contributed by atoms with Gasteiger partial charge in [-0.15, -0.1) is 0 Å². The molecule has 4 heterocycles. The zero-order chi connectivity index (χ0) is 23.4. The molecule has 3 saturated carbocycles. The Hall–Kier alpha value is -3.53. The Morgan fingerprint density at radius 3 is 2.68 bits per heavy atom. The van der Waals surface area contributed by atoms with Crippen LogP contribution in [0.3, 0.4) is 0 Å². The maximum atomic E-state index is 15.7. The van der Waals surface area contributed by atoms with Crippen LogP contribution in [0.15, 0.2) is 30.7 Å². The van der Waals surface area contributed by atoms with Crippen molar-refractivity contribution in [2.75, 3.05) is 5.32 Å². The topological polar surface area (TPSA) is 132 Å². The molecule has 4 N–H and O–H groups in total. The maximum absolute atomic E-state index is 15.7. The predicted molar refractivity (Wildman–Crippen MR) is 124 cm³/mol. The third-order valence-corrected chi connectivity index (χ3v) is 7.29. The van der Waals surface area contributed by atoms with E-state index in [0.29, 0.717) is 22.4 Å². The Morgan fingerprint density at radius 2 is 1.94 bits per heavy atom. The second kappa shape index (κ2) is 8.05. The lowest BCUT2D eigenvalue weighted by atomic mass is 9.61. The van der Waals surface area contributed by atoms with E-state index >= 15 is 4.39 Å². The highest BCUT2D eigenvalue weighted by Crippen LogP contribution is 2.46. The van der Waals surface area contributed by atoms with Gasteiger partial charge in [0.05, 0.1) is 23.4 Å². The number of anilines is 1. The van der Waals surface area contributed by atoms with Crippen LogP contribution in [0, 0.1) is 23.6 Å². The fourth-order valence-electron chi connectivity index (χ4n) is 5.53. The molecule has 174 valence electrons. The predicted octanol–water partition coefficient (Wildman–Crippen LogP) is 4.50. The monoisotopic (exact) mass is 481 g/mol. The second-order valence-corrected chi connectivity index (χ2v) is 9.33. The van der Waals surface area contributed by atoms with Crippen LogP contribution in [-0.4, -0.2) is 47.0 Å². The van der Waals surface area contributed by atoms with Crippen molar-refractivity contribution in [2.24, 2.45) is 17.8 Å². The number of carbonyl (C=O) groups is 1. The molecule has 34 heavy (non-hydrogen) atoms. The number of carboxylic acids is 1. The molecule has 3 fully saturated rings. The molecule has 7 rings (SSSR count). The summed E-state index contributed by atoms with van der Waals surface area (Å²) in [5, 5.41) is 13.3. The van der Waals surface area contributed by atoms with Gasteiger partial charge in [0.2, 0.25) is 0 Å². The standard InChI is InChI=1S/C23H21ClFN7O2/c24-14-9-28-22-18(29-14)12(8-27-22)20-31-19(13-2-1-7-26-13)16(25)21(32-20)30-17-11-5-3-10(4-6-11)15(17)23(33)34/h1-2,7-11,15,17,26H,3-6H2,(H,27,28)(H,33,34)(H,30,31,32)/t10?,11?,15-,17-/m1/s1. The van der Waals surface area contributed by atoms with E-state index in [2.05, 4.69) is 35.2 Å². The molecule has 4 aromatic heterocycles. The van der Waals surface area contributed by atoms with Gasteiger partial charge in [0, 0.05) is 18.4 Å². The minimum atomic E-state index is -0.854. The van der Waals surface area contributed by atoms with Gasteiger partial charge >= 0.3 is 5.97 Å². The number of nitrogens with one attached hydrogen (secondary N) is 3. The summed E-state index contributed by atoms with van der Waals surface area (Å²) in [7, 11) is 0. The molecule has 0 spiro atoms. The van der Waals surface area contributed by atoms with Crippen molar-refractivity contribution in [1.29, 1.82) is 0 Å². The van der Waals surface area contributed by atoms with Crippen molar-refractivity contribution in [3.8, 4) is 22.8 Å². The van der Waals surface area contributed by atoms with Gasteiger partial charge in [-0.05, 0) is 49.7 Å². The number of aromatic amines is 2. The minimum Gasteiger partial charge on any atom is -0.481 e. The molecule has 0 radical (unpaired) electrons. The minimum absolute atomic E-state index is 0.0252. The lowest BCUT2D eigenvalue weighted by Crippen LogP contribution is -2.51. The van der Waals surface area contributed by atoms with E-state index in [1.54, 1.807) is 24.5 Å². The molecule has 0 unspecified atom stereocenters. The van der Waals surface area contributed by atoms with E-state index < -0.39 is 23.7 Å². The lowest BCUT2D eigenvalue weighted by molar-refractivity contribution is -0.148. The smallest absolute Gasteiger partial charge is 0.308 e. The first-order chi connectivity index (χ1) is 16.5. The fourth-order valence-corrected chi connectivity index (χ4v) is 5.66. The number of halogens is 2. The van der Waals surface area contributed by atoms with Crippen LogP contribution in [-0.2, 0) is 4.79 Å². The number of carboxylic acid groups (broad SMARTS) is 1. The SMILES string of the molecule is O=C(O)[C@@H]1C2CCC(CC2)[C@H]1Nc1nc(-c2c[nH]c3ncc(Cl)nc23)nc(-c2ccc[nH]2)c1F. The molecule has 0 aromatic carbocycles. The molecule has 0 amide bonds. The van der Waals surface area contributed by atoms with Crippen molar-refractivity contribution in [3.63, 3.8) is 0 Å². The van der Waals surface area contributed by atoms with Crippen molar-refractivity contribution in [2.45, 2.75) is 31.7 Å². The Morgan fingerprint density at radius 1 is 1.15 bits per heavy atom. The van der Waals surface area contributed by atoms with Crippen molar-refractivity contribution < 1.29 is 14.3 Å². The van der Waals surface area contributed by atoms with Gasteiger partial charge in [-0.1, -0.05) is 11.6 Å². The van der Waals surface area contributed by atoms with Gasteiger partial charge in [0.1, 0.15) is 16.4 Å². The lowest BCUT2D eigenvalue weighted by Gasteiger charge is -2.47. The summed E-state index contributed by atoms with van der Waals surface area (Å²) in [6.07, 6.45) is 8.38. The van der Waals surface area contributed by atoms with Gasteiger partial charge in [-0.3, -0.25) is 4.79 Å². The molecule has 2 bridgehead atoms. The first kappa shape index (κ1) is 21.0. The van der Waals surface area contributed by atoms with Gasteiger partial charge in [0.25, 0.3) is 0 Å². The molecular weight excluding hydrogens is 461 g/mol. The van der Waals surface area contributed by atoms with Gasteiger partial charge < -0.3 is 20.4 Å². The van der Waals surface area contributed by atoms with Crippen LogP contribution in [0.25, 0.3) is 33.9 Å². The first-order valence-corrected chi connectivity index (χ1v) is 11.6. The van der Waals surface area contributed by atoms with E-state index in [1.807, 2.05) is 0 Å². The Kier molecular flexibility index (Phi) is 4.98. The maximum Gasteiger partial charge on any atom is 0.308 e. The second-order valence-electron chi connectivity index (χ2n) is 8.94. The van der Waals surface area contributed by atoms with Crippen LogP contribution < -0.4 is 5.32 Å². The molecule has 0 aliphatic heterocycles. The summed E-state index contributed by atoms with van der Waals surface area (Å²) < 4.78 is 15.7. The fraction of sp³-hybridized carbons (Fsp3) is 0.348. The van der Waals surface area contributed by atoms with Crippen LogP contribution >= 0.6 is 11.6 Å². The Balaban J connectivity index is 1.49. The molecule has 3 aliphatic rings. The third kappa shape index (κ3) is 3.40. The van der Waals surface area contributed by atoms with Crippen LogP contribution in [0.1, 0.15) is 25.7 Å². The Labute approximate surface area is 198 Å². The summed E-state index contributed by atoms with van der Waals surface area (Å²) in [5.41, 5.74) is 2.03. The molecule has 9 nitrogen and oxygen atoms in total. The molecule has 3 aliphatic carbocycles. The van der Waals surface area contributed by atoms with Crippen LogP contribution in [0.4, 0.5) is 10.2 Å². The summed E-state index contributed by atoms with van der Waals surface area (Å²) in [5.74, 6) is -1.65. The van der Waals surface area contributed by atoms with E-state index in [0.717, 1.165) is 25.7 Å². The quantitative estimate of drug-likeness (QED) is 0.330. The average Bonchev–Trinajstić information content (AvgIpc) is 3.51. The zero-order valence-electron chi connectivity index (χ0n) is 17.9. The number of hydrogen-bond acceptors (Lipinski definition) is 6. The number of aliphatic carboxylic acids is 1.